The fourth-order valence-corrected chi connectivity index (χ4v) is 3.22. The van der Waals surface area contributed by atoms with Crippen LogP contribution in [0.2, 0.25) is 0 Å². The quantitative estimate of drug-likeness (QED) is 0.578. The molecular weight excluding hydrogens is 382 g/mol. The van der Waals surface area contributed by atoms with Gasteiger partial charge < -0.3 is 14.5 Å². The van der Waals surface area contributed by atoms with Gasteiger partial charge in [-0.05, 0) is 43.0 Å². The fourth-order valence-electron chi connectivity index (χ4n) is 3.22. The summed E-state index contributed by atoms with van der Waals surface area (Å²) >= 11 is 0. The zero-order chi connectivity index (χ0) is 21.7. The molecule has 8 nitrogen and oxygen atoms in total. The third-order valence-corrected chi connectivity index (χ3v) is 4.69. The number of aryl methyl sites for hydroxylation is 1. The van der Waals surface area contributed by atoms with Crippen LogP contribution in [0.1, 0.15) is 49.1 Å². The minimum Gasteiger partial charge on any atom is -0.420 e. The summed E-state index contributed by atoms with van der Waals surface area (Å²) in [4.78, 5) is 12.7. The Kier molecular flexibility index (Phi) is 6.99. The van der Waals surface area contributed by atoms with Gasteiger partial charge in [0.25, 0.3) is 11.8 Å². The highest BCUT2D eigenvalue weighted by Crippen LogP contribution is 2.23. The van der Waals surface area contributed by atoms with Gasteiger partial charge in [-0.3, -0.25) is 4.79 Å². The molecule has 0 bridgehead atoms. The molecule has 1 N–H and O–H groups in total. The molecule has 0 unspecified atom stereocenters. The van der Waals surface area contributed by atoms with E-state index < -0.39 is 0 Å². The third-order valence-electron chi connectivity index (χ3n) is 4.69. The Bertz CT molecular complexity index is 992. The maximum atomic E-state index is 12.7. The van der Waals surface area contributed by atoms with Crippen LogP contribution in [0, 0.1) is 12.8 Å². The second-order valence-corrected chi connectivity index (χ2v) is 7.74. The fraction of sp³-hybridized carbons (Fsp3) is 0.455. The van der Waals surface area contributed by atoms with Crippen LogP contribution in [0.4, 0.5) is 0 Å². The van der Waals surface area contributed by atoms with E-state index in [-0.39, 0.29) is 11.9 Å². The van der Waals surface area contributed by atoms with E-state index in [1.807, 2.05) is 35.9 Å². The molecule has 1 amide bonds. The van der Waals surface area contributed by atoms with Gasteiger partial charge in [-0.15, -0.1) is 10.2 Å². The Balaban J connectivity index is 1.93. The lowest BCUT2D eigenvalue weighted by Crippen LogP contribution is -2.37. The van der Waals surface area contributed by atoms with Gasteiger partial charge in [-0.2, -0.15) is 5.10 Å². The number of amides is 1. The average molecular weight is 412 g/mol. The number of hydrogen-bond donors (Lipinski definition) is 1. The van der Waals surface area contributed by atoms with E-state index in [1.165, 1.54) is 0 Å². The van der Waals surface area contributed by atoms with Crippen LogP contribution in [0.25, 0.3) is 17.3 Å². The van der Waals surface area contributed by atoms with Crippen LogP contribution in [0.3, 0.4) is 0 Å². The Labute approximate surface area is 176 Å². The first-order valence-electron chi connectivity index (χ1n) is 10.2. The molecule has 3 aromatic rings. The predicted molar refractivity (Wildman–Crippen MR) is 114 cm³/mol. The van der Waals surface area contributed by atoms with Gasteiger partial charge in [-0.1, -0.05) is 26.8 Å². The van der Waals surface area contributed by atoms with Gasteiger partial charge in [0.15, 0.2) is 0 Å². The Morgan fingerprint density at radius 2 is 2.07 bits per heavy atom. The van der Waals surface area contributed by atoms with E-state index in [0.717, 1.165) is 24.2 Å². The van der Waals surface area contributed by atoms with Crippen LogP contribution in [0.5, 0.6) is 0 Å². The van der Waals surface area contributed by atoms with E-state index >= 15 is 0 Å². The average Bonchev–Trinajstić information content (AvgIpc) is 3.33. The Morgan fingerprint density at radius 1 is 1.27 bits per heavy atom. The summed E-state index contributed by atoms with van der Waals surface area (Å²) in [5.74, 6) is 1.18. The molecule has 2 heterocycles. The second-order valence-electron chi connectivity index (χ2n) is 7.74. The number of aromatic nitrogens is 4. The number of rotatable bonds is 9. The van der Waals surface area contributed by atoms with Crippen molar-refractivity contribution in [2.75, 3.05) is 13.7 Å². The van der Waals surface area contributed by atoms with Gasteiger partial charge in [0.1, 0.15) is 5.69 Å². The lowest BCUT2D eigenvalue weighted by atomic mass is 10.1. The highest BCUT2D eigenvalue weighted by atomic mass is 16.5. The topological polar surface area (TPSA) is 95.1 Å². The van der Waals surface area contributed by atoms with Crippen LogP contribution >= 0.6 is 0 Å². The number of methoxy groups -OCH3 is 1. The van der Waals surface area contributed by atoms with E-state index in [2.05, 4.69) is 29.4 Å². The lowest BCUT2D eigenvalue weighted by molar-refractivity contribution is 0.0894. The summed E-state index contributed by atoms with van der Waals surface area (Å²) in [7, 11) is 1.63. The van der Waals surface area contributed by atoms with Gasteiger partial charge in [0, 0.05) is 25.3 Å². The summed E-state index contributed by atoms with van der Waals surface area (Å²) in [5.41, 5.74) is 3.01. The van der Waals surface area contributed by atoms with Gasteiger partial charge >= 0.3 is 0 Å². The van der Waals surface area contributed by atoms with Crippen molar-refractivity contribution in [3.05, 3.63) is 47.5 Å². The van der Waals surface area contributed by atoms with Crippen molar-refractivity contribution in [2.45, 2.75) is 46.6 Å². The summed E-state index contributed by atoms with van der Waals surface area (Å²) in [5, 5.41) is 15.7. The van der Waals surface area contributed by atoms with Crippen molar-refractivity contribution in [3.8, 4) is 17.3 Å². The molecule has 0 aliphatic carbocycles. The molecule has 160 valence electrons. The zero-order valence-corrected chi connectivity index (χ0v) is 18.2. The third kappa shape index (κ3) is 5.13. The summed E-state index contributed by atoms with van der Waals surface area (Å²) in [6.45, 7) is 8.55. The standard InChI is InChI=1S/C22H29N5O3/c1-6-17(13-29-5)23-21(28)16-8-7-9-18(11-16)27-19(10-14(2)3)12-20(26-27)22-25-24-15(4)30-22/h7-9,11-12,14,17H,6,10,13H2,1-5H3,(H,23,28)/t17-/m0/s1. The first kappa shape index (κ1) is 21.7. The second kappa shape index (κ2) is 9.67. The molecule has 8 heteroatoms. The molecule has 0 aliphatic heterocycles. The highest BCUT2D eigenvalue weighted by Gasteiger charge is 2.18. The molecule has 30 heavy (non-hydrogen) atoms. The van der Waals surface area contributed by atoms with Crippen LogP contribution in [-0.4, -0.2) is 45.6 Å². The summed E-state index contributed by atoms with van der Waals surface area (Å²) in [6.07, 6.45) is 1.62. The van der Waals surface area contributed by atoms with Crippen molar-refractivity contribution in [2.24, 2.45) is 5.92 Å². The molecule has 0 fully saturated rings. The Morgan fingerprint density at radius 3 is 2.70 bits per heavy atom. The first-order chi connectivity index (χ1) is 14.4. The summed E-state index contributed by atoms with van der Waals surface area (Å²) in [6, 6.07) is 9.37. The van der Waals surface area contributed by atoms with Crippen molar-refractivity contribution in [1.29, 1.82) is 0 Å². The maximum Gasteiger partial charge on any atom is 0.268 e. The summed E-state index contributed by atoms with van der Waals surface area (Å²) < 4.78 is 12.6. The van der Waals surface area contributed by atoms with Crippen LogP contribution < -0.4 is 5.32 Å². The molecule has 0 spiro atoms. The normalized spacial score (nSPS) is 12.3. The van der Waals surface area contributed by atoms with E-state index in [9.17, 15) is 4.79 Å². The predicted octanol–water partition coefficient (Wildman–Crippen LogP) is 3.58. The number of carbonyl (C=O) groups excluding carboxylic acids is 1. The molecule has 0 saturated heterocycles. The number of nitrogens with one attached hydrogen (secondary N) is 1. The number of carbonyl (C=O) groups is 1. The van der Waals surface area contributed by atoms with Crippen molar-refractivity contribution in [3.63, 3.8) is 0 Å². The van der Waals surface area contributed by atoms with E-state index in [1.54, 1.807) is 20.1 Å². The minimum absolute atomic E-state index is 0.0280. The first-order valence-corrected chi connectivity index (χ1v) is 10.2. The maximum absolute atomic E-state index is 12.7. The molecular formula is C22H29N5O3. The molecule has 1 aromatic carbocycles. The lowest BCUT2D eigenvalue weighted by Gasteiger charge is -2.16. The SMILES string of the molecule is CC[C@@H](COC)NC(=O)c1cccc(-n2nc(-c3nnc(C)o3)cc2CC(C)C)c1. The molecule has 0 radical (unpaired) electrons. The highest BCUT2D eigenvalue weighted by molar-refractivity contribution is 5.94. The minimum atomic E-state index is -0.133. The van der Waals surface area contributed by atoms with Crippen LogP contribution in [-0.2, 0) is 11.2 Å². The van der Waals surface area contributed by atoms with E-state index in [0.29, 0.717) is 35.6 Å². The van der Waals surface area contributed by atoms with Crippen molar-refractivity contribution >= 4 is 5.91 Å². The van der Waals surface area contributed by atoms with E-state index in [4.69, 9.17) is 14.3 Å². The van der Waals surface area contributed by atoms with Crippen LogP contribution in [0.15, 0.2) is 34.7 Å². The number of ether oxygens (including phenoxy) is 1. The Hall–Kier alpha value is -3.00. The molecule has 1 atom stereocenters. The monoisotopic (exact) mass is 411 g/mol. The van der Waals surface area contributed by atoms with Gasteiger partial charge in [0.2, 0.25) is 5.89 Å². The molecule has 0 aliphatic rings. The number of nitrogens with zero attached hydrogens (tertiary/aromatic N) is 4. The molecule has 0 saturated carbocycles. The molecule has 2 aromatic heterocycles. The van der Waals surface area contributed by atoms with Crippen molar-refractivity contribution in [1.82, 2.24) is 25.3 Å². The van der Waals surface area contributed by atoms with Gasteiger partial charge in [0.05, 0.1) is 18.3 Å². The van der Waals surface area contributed by atoms with Crippen molar-refractivity contribution < 1.29 is 13.9 Å². The number of hydrogen-bond acceptors (Lipinski definition) is 6. The number of benzene rings is 1. The zero-order valence-electron chi connectivity index (χ0n) is 18.2. The largest absolute Gasteiger partial charge is 0.420 e. The van der Waals surface area contributed by atoms with Gasteiger partial charge in [-0.25, -0.2) is 4.68 Å². The molecule has 3 rings (SSSR count). The smallest absolute Gasteiger partial charge is 0.268 e.